The highest BCUT2D eigenvalue weighted by atomic mass is 32.2. The number of para-hydroxylation sites is 1. The summed E-state index contributed by atoms with van der Waals surface area (Å²) in [6.07, 6.45) is 6.51. The first-order valence-electron chi connectivity index (χ1n) is 8.20. The second-order valence-corrected chi connectivity index (χ2v) is 8.15. The minimum atomic E-state index is -3.38. The molecule has 23 heavy (non-hydrogen) atoms. The largest absolute Gasteiger partial charge is 0.354 e. The normalized spacial score (nSPS) is 16.1. The number of benzene rings is 1. The summed E-state index contributed by atoms with van der Waals surface area (Å²) in [5, 5.41) is 2.90. The molecule has 1 fully saturated rings. The van der Waals surface area contributed by atoms with Crippen molar-refractivity contribution in [2.45, 2.75) is 39.0 Å². The lowest BCUT2D eigenvalue weighted by molar-refractivity contribution is -0.125. The molecule has 128 valence electrons. The molecule has 1 saturated carbocycles. The Bertz CT molecular complexity index is 637. The maximum Gasteiger partial charge on any atom is 0.232 e. The van der Waals surface area contributed by atoms with Gasteiger partial charge in [-0.05, 0) is 31.4 Å². The lowest BCUT2D eigenvalue weighted by Gasteiger charge is -2.25. The highest BCUT2D eigenvalue weighted by Crippen LogP contribution is 2.24. The summed E-state index contributed by atoms with van der Waals surface area (Å²) < 4.78 is 25.5. The van der Waals surface area contributed by atoms with Gasteiger partial charge < -0.3 is 5.32 Å². The van der Waals surface area contributed by atoms with Crippen LogP contribution in [0.1, 0.15) is 37.7 Å². The van der Waals surface area contributed by atoms with Gasteiger partial charge in [-0.2, -0.15) is 0 Å². The Morgan fingerprint density at radius 1 is 1.22 bits per heavy atom. The average Bonchev–Trinajstić information content (AvgIpc) is 2.52. The third kappa shape index (κ3) is 4.96. The van der Waals surface area contributed by atoms with E-state index in [0.29, 0.717) is 12.2 Å². The zero-order valence-corrected chi connectivity index (χ0v) is 14.7. The molecule has 1 aliphatic carbocycles. The van der Waals surface area contributed by atoms with Crippen molar-refractivity contribution >= 4 is 21.6 Å². The number of hydrogen-bond acceptors (Lipinski definition) is 3. The molecule has 0 heterocycles. The number of hydrogen-bond donors (Lipinski definition) is 1. The van der Waals surface area contributed by atoms with Crippen LogP contribution >= 0.6 is 0 Å². The summed E-state index contributed by atoms with van der Waals surface area (Å²) in [5.74, 6) is 0.150. The van der Waals surface area contributed by atoms with Gasteiger partial charge in [-0.3, -0.25) is 9.10 Å². The lowest BCUT2D eigenvalue weighted by Crippen LogP contribution is -2.40. The second kappa shape index (κ2) is 7.81. The number of carbonyl (C=O) groups is 1. The van der Waals surface area contributed by atoms with Crippen molar-refractivity contribution < 1.29 is 13.2 Å². The van der Waals surface area contributed by atoms with Crippen molar-refractivity contribution in [1.29, 1.82) is 0 Å². The first kappa shape index (κ1) is 17.8. The van der Waals surface area contributed by atoms with E-state index < -0.39 is 10.0 Å². The summed E-state index contributed by atoms with van der Waals surface area (Å²) in [6, 6.07) is 7.37. The summed E-state index contributed by atoms with van der Waals surface area (Å²) in [5.41, 5.74) is 1.57. The van der Waals surface area contributed by atoms with Gasteiger partial charge >= 0.3 is 0 Å². The monoisotopic (exact) mass is 338 g/mol. The van der Waals surface area contributed by atoms with E-state index >= 15 is 0 Å². The number of aryl methyl sites for hydroxylation is 1. The molecule has 2 rings (SSSR count). The van der Waals surface area contributed by atoms with E-state index in [0.717, 1.165) is 31.2 Å². The molecule has 6 heteroatoms. The lowest BCUT2D eigenvalue weighted by atomic mass is 9.89. The molecule has 0 unspecified atom stereocenters. The topological polar surface area (TPSA) is 66.5 Å². The van der Waals surface area contributed by atoms with Crippen LogP contribution in [-0.4, -0.2) is 33.7 Å². The van der Waals surface area contributed by atoms with Gasteiger partial charge in [-0.25, -0.2) is 8.42 Å². The molecule has 0 spiro atoms. The molecule has 5 nitrogen and oxygen atoms in total. The van der Waals surface area contributed by atoms with E-state index in [1.165, 1.54) is 17.0 Å². The predicted molar refractivity (Wildman–Crippen MR) is 93.0 cm³/mol. The number of anilines is 1. The zero-order chi connectivity index (χ0) is 16.9. The van der Waals surface area contributed by atoms with E-state index in [2.05, 4.69) is 5.32 Å². The van der Waals surface area contributed by atoms with Crippen LogP contribution in [0.5, 0.6) is 0 Å². The van der Waals surface area contributed by atoms with Crippen molar-refractivity contribution in [3.63, 3.8) is 0 Å². The Kier molecular flexibility index (Phi) is 6.04. The minimum Gasteiger partial charge on any atom is -0.354 e. The molecule has 1 aliphatic rings. The van der Waals surface area contributed by atoms with Gasteiger partial charge in [0.1, 0.15) is 0 Å². The molecule has 0 radical (unpaired) electrons. The standard InChI is InChI=1S/C17H26N2O3S/c1-14-8-6-7-11-16(14)19(23(2,21)22)13-12-18-17(20)15-9-4-3-5-10-15/h6-8,11,15H,3-5,9-10,12-13H2,1-2H3,(H,18,20). The third-order valence-corrected chi connectivity index (χ3v) is 5.55. The van der Waals surface area contributed by atoms with Gasteiger partial charge in [-0.1, -0.05) is 37.5 Å². The number of nitrogens with zero attached hydrogens (tertiary/aromatic N) is 1. The van der Waals surface area contributed by atoms with E-state index in [9.17, 15) is 13.2 Å². The average molecular weight is 338 g/mol. The molecule has 1 N–H and O–H groups in total. The van der Waals surface area contributed by atoms with Crippen molar-refractivity contribution in [3.8, 4) is 0 Å². The molecule has 0 saturated heterocycles. The van der Waals surface area contributed by atoms with Crippen molar-refractivity contribution in [2.75, 3.05) is 23.7 Å². The smallest absolute Gasteiger partial charge is 0.232 e. The summed E-state index contributed by atoms with van der Waals surface area (Å²) in [6.45, 7) is 2.47. The van der Waals surface area contributed by atoms with Crippen LogP contribution in [0.25, 0.3) is 0 Å². The first-order chi connectivity index (χ1) is 10.9. The Morgan fingerprint density at radius 2 is 1.87 bits per heavy atom. The summed E-state index contributed by atoms with van der Waals surface area (Å²) >= 11 is 0. The van der Waals surface area contributed by atoms with Crippen LogP contribution in [0.2, 0.25) is 0 Å². The maximum absolute atomic E-state index is 12.2. The number of rotatable bonds is 6. The quantitative estimate of drug-likeness (QED) is 0.866. The van der Waals surface area contributed by atoms with E-state index in [1.807, 2.05) is 25.1 Å². The fourth-order valence-electron chi connectivity index (χ4n) is 3.10. The summed E-state index contributed by atoms with van der Waals surface area (Å²) in [7, 11) is -3.38. The molecule has 0 bridgehead atoms. The number of carbonyl (C=O) groups excluding carboxylic acids is 1. The second-order valence-electron chi connectivity index (χ2n) is 6.25. The molecule has 1 aromatic rings. The fourth-order valence-corrected chi connectivity index (χ4v) is 4.08. The molecule has 0 aliphatic heterocycles. The van der Waals surface area contributed by atoms with E-state index in [-0.39, 0.29) is 18.4 Å². The van der Waals surface area contributed by atoms with Gasteiger partial charge in [0.2, 0.25) is 15.9 Å². The SMILES string of the molecule is Cc1ccccc1N(CCNC(=O)C1CCCCC1)S(C)(=O)=O. The minimum absolute atomic E-state index is 0.0583. The van der Waals surface area contributed by atoms with Crippen molar-refractivity contribution in [2.24, 2.45) is 5.92 Å². The van der Waals surface area contributed by atoms with Gasteiger partial charge in [0.25, 0.3) is 0 Å². The maximum atomic E-state index is 12.2. The first-order valence-corrected chi connectivity index (χ1v) is 10.1. The zero-order valence-electron chi connectivity index (χ0n) is 13.9. The van der Waals surface area contributed by atoms with E-state index in [4.69, 9.17) is 0 Å². The predicted octanol–water partition coefficient (Wildman–Crippen LogP) is 2.46. The highest BCUT2D eigenvalue weighted by molar-refractivity contribution is 7.92. The molecule has 1 amide bonds. The molecule has 0 atom stereocenters. The Balaban J connectivity index is 1.97. The van der Waals surface area contributed by atoms with Gasteiger partial charge in [-0.15, -0.1) is 0 Å². The molecule has 1 aromatic carbocycles. The molecule has 0 aromatic heterocycles. The highest BCUT2D eigenvalue weighted by Gasteiger charge is 2.22. The molecular formula is C17H26N2O3S. The van der Waals surface area contributed by atoms with Crippen LogP contribution in [0.15, 0.2) is 24.3 Å². The van der Waals surface area contributed by atoms with E-state index in [1.54, 1.807) is 6.07 Å². The molecular weight excluding hydrogens is 312 g/mol. The van der Waals surface area contributed by atoms with Crippen LogP contribution in [0.3, 0.4) is 0 Å². The third-order valence-electron chi connectivity index (χ3n) is 4.37. The van der Waals surface area contributed by atoms with Crippen LogP contribution in [0, 0.1) is 12.8 Å². The Morgan fingerprint density at radius 3 is 2.48 bits per heavy atom. The van der Waals surface area contributed by atoms with Crippen molar-refractivity contribution in [3.05, 3.63) is 29.8 Å². The number of sulfonamides is 1. The number of amides is 1. The summed E-state index contributed by atoms with van der Waals surface area (Å²) in [4.78, 5) is 12.2. The fraction of sp³-hybridized carbons (Fsp3) is 0.588. The van der Waals surface area contributed by atoms with Crippen LogP contribution < -0.4 is 9.62 Å². The Labute approximate surface area is 139 Å². The van der Waals surface area contributed by atoms with Crippen LogP contribution in [0.4, 0.5) is 5.69 Å². The van der Waals surface area contributed by atoms with Crippen LogP contribution in [-0.2, 0) is 14.8 Å². The van der Waals surface area contributed by atoms with Gasteiger partial charge in [0.05, 0.1) is 18.5 Å². The number of nitrogens with one attached hydrogen (secondary N) is 1. The van der Waals surface area contributed by atoms with Crippen molar-refractivity contribution in [1.82, 2.24) is 5.32 Å². The Hall–Kier alpha value is -1.56. The van der Waals surface area contributed by atoms with Gasteiger partial charge in [0, 0.05) is 12.5 Å². The van der Waals surface area contributed by atoms with Gasteiger partial charge in [0.15, 0.2) is 0 Å².